The van der Waals surface area contributed by atoms with Gasteiger partial charge in [-0.3, -0.25) is 4.79 Å². The third kappa shape index (κ3) is 4.50. The van der Waals surface area contributed by atoms with Crippen molar-refractivity contribution in [1.82, 2.24) is 14.5 Å². The van der Waals surface area contributed by atoms with Crippen LogP contribution in [0.1, 0.15) is 0 Å². The second kappa shape index (κ2) is 9.33. The lowest BCUT2D eigenvalue weighted by atomic mass is 10.2. The number of carbonyl (C=O) groups is 1. The van der Waals surface area contributed by atoms with E-state index in [-0.39, 0.29) is 18.1 Å². The van der Waals surface area contributed by atoms with Gasteiger partial charge < -0.3 is 19.4 Å². The number of aromatic hydroxyl groups is 1. The lowest BCUT2D eigenvalue weighted by Crippen LogP contribution is -2.08. The normalized spacial score (nSPS) is 11.7. The molecule has 0 radical (unpaired) electrons. The van der Waals surface area contributed by atoms with Gasteiger partial charge in [0, 0.05) is 15.4 Å². The first kappa shape index (κ1) is 23.3. The van der Waals surface area contributed by atoms with Crippen LogP contribution in [-0.4, -0.2) is 32.7 Å². The Bertz CT molecular complexity index is 1630. The van der Waals surface area contributed by atoms with Gasteiger partial charge in [0.1, 0.15) is 18.1 Å². The first-order chi connectivity index (χ1) is 16.8. The Morgan fingerprint density at radius 3 is 2.63 bits per heavy atom. The highest BCUT2D eigenvalue weighted by molar-refractivity contribution is 9.10. The van der Waals surface area contributed by atoms with Crippen molar-refractivity contribution in [3.05, 3.63) is 69.1 Å². The summed E-state index contributed by atoms with van der Waals surface area (Å²) in [7, 11) is 1.59. The van der Waals surface area contributed by atoms with Gasteiger partial charge in [-0.1, -0.05) is 39.1 Å². The standard InChI is InChI=1S/C24H16BrCl2N5O3/c1-35-14-5-2-12(3-6-14)23-28-19-9-16(26)17(27)10-20(19)32(23)11-21(33)30-31-22-15-8-13(25)4-7-18(15)29-24(22)34/h2-10,29,34H,11H2,1H3. The summed E-state index contributed by atoms with van der Waals surface area (Å²) in [6.45, 7) is -0.161. The molecule has 1 amide bonds. The highest BCUT2D eigenvalue weighted by Gasteiger charge is 2.18. The SMILES string of the molecule is COc1ccc(-c2nc3cc(Cl)c(Cl)cc3n2CC(=O)N=Nc2c(O)[nH]c3ccc(Br)cc23)cc1. The second-order valence-corrected chi connectivity index (χ2v) is 9.34. The van der Waals surface area contributed by atoms with Gasteiger partial charge in [-0.15, -0.1) is 10.2 Å². The van der Waals surface area contributed by atoms with Crippen molar-refractivity contribution in [2.75, 3.05) is 7.11 Å². The molecule has 0 aliphatic carbocycles. The van der Waals surface area contributed by atoms with Gasteiger partial charge in [-0.05, 0) is 54.6 Å². The number of amides is 1. The molecular formula is C24H16BrCl2N5O3. The van der Waals surface area contributed by atoms with Crippen LogP contribution in [-0.2, 0) is 11.3 Å². The number of benzene rings is 3. The fourth-order valence-electron chi connectivity index (χ4n) is 3.75. The summed E-state index contributed by atoms with van der Waals surface area (Å²) in [4.78, 5) is 20.4. The first-order valence-corrected chi connectivity index (χ1v) is 11.8. The zero-order chi connectivity index (χ0) is 24.7. The van der Waals surface area contributed by atoms with Crippen LogP contribution in [0.4, 0.5) is 5.69 Å². The average molecular weight is 573 g/mol. The maximum atomic E-state index is 12.9. The minimum Gasteiger partial charge on any atom is -0.497 e. The van der Waals surface area contributed by atoms with Crippen LogP contribution in [0.25, 0.3) is 33.3 Å². The van der Waals surface area contributed by atoms with Crippen molar-refractivity contribution in [2.45, 2.75) is 6.54 Å². The molecule has 3 aromatic carbocycles. The van der Waals surface area contributed by atoms with E-state index in [4.69, 9.17) is 27.9 Å². The van der Waals surface area contributed by atoms with Gasteiger partial charge in [0.2, 0.25) is 5.88 Å². The lowest BCUT2D eigenvalue weighted by molar-refractivity contribution is -0.118. The molecule has 0 unspecified atom stereocenters. The summed E-state index contributed by atoms with van der Waals surface area (Å²) < 4.78 is 7.74. The number of H-pyrrole nitrogens is 1. The number of rotatable bonds is 5. The predicted octanol–water partition coefficient (Wildman–Crippen LogP) is 7.28. The Kier molecular flexibility index (Phi) is 6.22. The average Bonchev–Trinajstić information content (AvgIpc) is 3.34. The highest BCUT2D eigenvalue weighted by atomic mass is 79.9. The molecule has 0 spiro atoms. The number of nitrogens with one attached hydrogen (secondary N) is 1. The number of imidazole rings is 1. The number of ether oxygens (including phenoxy) is 1. The van der Waals surface area contributed by atoms with Crippen LogP contribution in [0.2, 0.25) is 10.0 Å². The number of methoxy groups -OCH3 is 1. The first-order valence-electron chi connectivity index (χ1n) is 10.3. The maximum absolute atomic E-state index is 12.9. The fourth-order valence-corrected chi connectivity index (χ4v) is 4.43. The molecule has 11 heteroatoms. The molecule has 176 valence electrons. The van der Waals surface area contributed by atoms with Crippen LogP contribution in [0.15, 0.2) is 69.3 Å². The second-order valence-electron chi connectivity index (χ2n) is 7.61. The van der Waals surface area contributed by atoms with Crippen molar-refractivity contribution in [3.63, 3.8) is 0 Å². The van der Waals surface area contributed by atoms with Gasteiger partial charge in [-0.25, -0.2) is 4.98 Å². The van der Waals surface area contributed by atoms with Gasteiger partial charge in [0.25, 0.3) is 5.91 Å². The molecule has 0 aliphatic rings. The van der Waals surface area contributed by atoms with E-state index in [0.29, 0.717) is 43.6 Å². The summed E-state index contributed by atoms with van der Waals surface area (Å²) in [5, 5.41) is 19.4. The van der Waals surface area contributed by atoms with E-state index >= 15 is 0 Å². The van der Waals surface area contributed by atoms with Crippen LogP contribution >= 0.6 is 39.1 Å². The van der Waals surface area contributed by atoms with E-state index in [9.17, 15) is 9.90 Å². The van der Waals surface area contributed by atoms with Gasteiger partial charge in [0.15, 0.2) is 5.69 Å². The molecule has 0 saturated heterocycles. The van der Waals surface area contributed by atoms with Gasteiger partial charge in [0.05, 0.1) is 33.7 Å². The van der Waals surface area contributed by atoms with E-state index < -0.39 is 5.91 Å². The van der Waals surface area contributed by atoms with Gasteiger partial charge >= 0.3 is 0 Å². The third-order valence-electron chi connectivity index (χ3n) is 5.41. The van der Waals surface area contributed by atoms with E-state index in [1.165, 1.54) is 0 Å². The number of carbonyl (C=O) groups excluding carboxylic acids is 1. The monoisotopic (exact) mass is 571 g/mol. The molecule has 0 saturated carbocycles. The van der Waals surface area contributed by atoms with E-state index in [1.807, 2.05) is 18.2 Å². The Labute approximate surface area is 217 Å². The Morgan fingerprint density at radius 2 is 1.89 bits per heavy atom. The number of aromatic nitrogens is 3. The van der Waals surface area contributed by atoms with Crippen molar-refractivity contribution in [1.29, 1.82) is 0 Å². The minimum atomic E-state index is -0.547. The van der Waals surface area contributed by atoms with Crippen molar-refractivity contribution < 1.29 is 14.6 Å². The third-order valence-corrected chi connectivity index (χ3v) is 6.62. The highest BCUT2D eigenvalue weighted by Crippen LogP contribution is 2.37. The molecule has 0 atom stereocenters. The molecule has 2 heterocycles. The number of hydrogen-bond donors (Lipinski definition) is 2. The van der Waals surface area contributed by atoms with Crippen LogP contribution in [0, 0.1) is 0 Å². The number of hydrogen-bond acceptors (Lipinski definition) is 5. The predicted molar refractivity (Wildman–Crippen MR) is 139 cm³/mol. The number of aromatic amines is 1. The number of nitrogens with zero attached hydrogens (tertiary/aromatic N) is 4. The quantitative estimate of drug-likeness (QED) is 0.216. The lowest BCUT2D eigenvalue weighted by Gasteiger charge is -2.08. The maximum Gasteiger partial charge on any atom is 0.284 e. The topological polar surface area (TPSA) is 105 Å². The minimum absolute atomic E-state index is 0.161. The zero-order valence-corrected chi connectivity index (χ0v) is 21.2. The van der Waals surface area contributed by atoms with Crippen LogP contribution in [0.5, 0.6) is 11.6 Å². The molecule has 5 aromatic rings. The molecule has 0 aliphatic heterocycles. The zero-order valence-electron chi connectivity index (χ0n) is 18.1. The van der Waals surface area contributed by atoms with Gasteiger partial charge in [-0.2, -0.15) is 0 Å². The van der Waals surface area contributed by atoms with E-state index in [2.05, 4.69) is 36.1 Å². The number of fused-ring (bicyclic) bond motifs is 2. The van der Waals surface area contributed by atoms with Crippen LogP contribution in [0.3, 0.4) is 0 Å². The molecule has 8 nitrogen and oxygen atoms in total. The van der Waals surface area contributed by atoms with Crippen molar-refractivity contribution in [2.24, 2.45) is 10.2 Å². The molecule has 0 bridgehead atoms. The number of azo groups is 1. The number of halogens is 3. The molecular weight excluding hydrogens is 557 g/mol. The van der Waals surface area contributed by atoms with Crippen LogP contribution < -0.4 is 4.74 Å². The van der Waals surface area contributed by atoms with Crippen molar-refractivity contribution >= 4 is 72.7 Å². The molecule has 35 heavy (non-hydrogen) atoms. The summed E-state index contributed by atoms with van der Waals surface area (Å²) in [5.41, 5.74) is 2.80. The Morgan fingerprint density at radius 1 is 1.14 bits per heavy atom. The molecule has 2 N–H and O–H groups in total. The summed E-state index contributed by atoms with van der Waals surface area (Å²) in [5.74, 6) is 0.498. The Hall–Kier alpha value is -3.40. The fraction of sp³-hybridized carbons (Fsp3) is 0.0833. The molecule has 2 aromatic heterocycles. The van der Waals surface area contributed by atoms with Crippen molar-refractivity contribution in [3.8, 4) is 23.0 Å². The molecule has 0 fully saturated rings. The largest absolute Gasteiger partial charge is 0.497 e. The summed E-state index contributed by atoms with van der Waals surface area (Å²) in [6, 6.07) is 16.0. The van der Waals surface area contributed by atoms with E-state index in [1.54, 1.807) is 48.1 Å². The summed E-state index contributed by atoms with van der Waals surface area (Å²) in [6.07, 6.45) is 0. The summed E-state index contributed by atoms with van der Waals surface area (Å²) >= 11 is 15.8. The van der Waals surface area contributed by atoms with E-state index in [0.717, 1.165) is 10.0 Å². The molecule has 5 rings (SSSR count). The Balaban J connectivity index is 1.54. The smallest absolute Gasteiger partial charge is 0.284 e.